The van der Waals surface area contributed by atoms with E-state index in [4.69, 9.17) is 0 Å². The number of carbonyl (C=O) groups excluding carboxylic acids is 1. The summed E-state index contributed by atoms with van der Waals surface area (Å²) in [4.78, 5) is 18.4. The largest absolute Gasteiger partial charge is 0.337 e. The maximum absolute atomic E-state index is 12.2. The summed E-state index contributed by atoms with van der Waals surface area (Å²) in [5, 5.41) is 6.21. The monoisotopic (exact) mass is 267 g/mol. The Hall–Kier alpha value is -0.940. The van der Waals surface area contributed by atoms with Crippen LogP contribution in [-0.4, -0.2) is 42.0 Å². The van der Waals surface area contributed by atoms with Crippen molar-refractivity contribution >= 4 is 17.2 Å². The van der Waals surface area contributed by atoms with Crippen molar-refractivity contribution in [3.63, 3.8) is 0 Å². The van der Waals surface area contributed by atoms with Crippen LogP contribution in [0.4, 0.5) is 0 Å². The van der Waals surface area contributed by atoms with Crippen LogP contribution < -0.4 is 5.32 Å². The topological polar surface area (TPSA) is 45.2 Å². The van der Waals surface area contributed by atoms with E-state index in [1.807, 2.05) is 17.2 Å². The van der Waals surface area contributed by atoms with Gasteiger partial charge in [0.25, 0.3) is 5.91 Å². The molecular weight excluding hydrogens is 246 g/mol. The molecule has 0 unspecified atom stereocenters. The highest BCUT2D eigenvalue weighted by Crippen LogP contribution is 2.19. The summed E-state index contributed by atoms with van der Waals surface area (Å²) in [7, 11) is 0. The van der Waals surface area contributed by atoms with Gasteiger partial charge in [-0.1, -0.05) is 6.92 Å². The Bertz CT molecular complexity index is 397. The first kappa shape index (κ1) is 13.5. The van der Waals surface area contributed by atoms with Crippen LogP contribution in [0, 0.1) is 12.8 Å². The molecule has 1 aromatic rings. The zero-order chi connectivity index (χ0) is 13.0. The molecule has 1 saturated heterocycles. The molecule has 1 N–H and O–H groups in total. The lowest BCUT2D eigenvalue weighted by Crippen LogP contribution is -2.40. The highest BCUT2D eigenvalue weighted by molar-refractivity contribution is 7.09. The van der Waals surface area contributed by atoms with Crippen LogP contribution in [-0.2, 0) is 0 Å². The maximum Gasteiger partial charge on any atom is 0.273 e. The molecule has 1 fully saturated rings. The molecule has 2 rings (SSSR count). The Morgan fingerprint density at radius 2 is 2.28 bits per heavy atom. The number of hydrogen-bond acceptors (Lipinski definition) is 4. The molecule has 100 valence electrons. The van der Waals surface area contributed by atoms with Crippen molar-refractivity contribution in [1.29, 1.82) is 0 Å². The molecule has 0 spiro atoms. The molecule has 1 amide bonds. The fraction of sp³-hybridized carbons (Fsp3) is 0.692. The van der Waals surface area contributed by atoms with E-state index < -0.39 is 0 Å². The lowest BCUT2D eigenvalue weighted by Gasteiger charge is -2.31. The lowest BCUT2D eigenvalue weighted by molar-refractivity contribution is 0.0685. The number of likely N-dealkylation sites (tertiary alicyclic amines) is 1. The minimum Gasteiger partial charge on any atom is -0.337 e. The molecule has 0 aromatic carbocycles. The number of carbonyl (C=O) groups is 1. The van der Waals surface area contributed by atoms with Gasteiger partial charge in [0.05, 0.1) is 5.01 Å². The summed E-state index contributed by atoms with van der Waals surface area (Å²) in [6.45, 7) is 7.90. The first-order chi connectivity index (χ1) is 8.70. The van der Waals surface area contributed by atoms with E-state index in [-0.39, 0.29) is 5.91 Å². The molecule has 0 saturated carbocycles. The second kappa shape index (κ2) is 6.29. The normalized spacial score (nSPS) is 17.1. The number of thiazole rings is 1. The summed E-state index contributed by atoms with van der Waals surface area (Å²) in [6, 6.07) is 0. The van der Waals surface area contributed by atoms with Crippen molar-refractivity contribution in [2.75, 3.05) is 26.2 Å². The molecule has 1 aliphatic heterocycles. The number of nitrogens with zero attached hydrogens (tertiary/aromatic N) is 2. The van der Waals surface area contributed by atoms with E-state index in [0.29, 0.717) is 11.6 Å². The first-order valence-corrected chi connectivity index (χ1v) is 7.50. The number of amides is 1. The van der Waals surface area contributed by atoms with Gasteiger partial charge in [0, 0.05) is 18.5 Å². The SMILES string of the molecule is CCNCC1CCN(C(=O)c2csc(C)n2)CC1. The third-order valence-corrected chi connectivity index (χ3v) is 4.20. The van der Waals surface area contributed by atoms with Crippen molar-refractivity contribution in [3.8, 4) is 0 Å². The molecule has 2 heterocycles. The second-order valence-corrected chi connectivity index (χ2v) is 5.86. The first-order valence-electron chi connectivity index (χ1n) is 6.62. The quantitative estimate of drug-likeness (QED) is 0.906. The van der Waals surface area contributed by atoms with E-state index in [2.05, 4.69) is 17.2 Å². The molecular formula is C13H21N3OS. The molecule has 1 aliphatic rings. The van der Waals surface area contributed by atoms with Gasteiger partial charge in [-0.2, -0.15) is 0 Å². The smallest absolute Gasteiger partial charge is 0.273 e. The number of hydrogen-bond donors (Lipinski definition) is 1. The van der Waals surface area contributed by atoms with E-state index in [1.54, 1.807) is 0 Å². The van der Waals surface area contributed by atoms with Crippen LogP contribution in [0.5, 0.6) is 0 Å². The van der Waals surface area contributed by atoms with Gasteiger partial charge in [-0.05, 0) is 38.8 Å². The molecule has 1 aromatic heterocycles. The van der Waals surface area contributed by atoms with Crippen molar-refractivity contribution in [2.24, 2.45) is 5.92 Å². The van der Waals surface area contributed by atoms with Crippen molar-refractivity contribution < 1.29 is 4.79 Å². The highest BCUT2D eigenvalue weighted by atomic mass is 32.1. The Labute approximate surface area is 112 Å². The third kappa shape index (κ3) is 3.29. The van der Waals surface area contributed by atoms with Crippen molar-refractivity contribution in [1.82, 2.24) is 15.2 Å². The minimum atomic E-state index is 0.0984. The van der Waals surface area contributed by atoms with Crippen LogP contribution >= 0.6 is 11.3 Å². The number of piperidine rings is 1. The van der Waals surface area contributed by atoms with Crippen LogP contribution in [0.25, 0.3) is 0 Å². The van der Waals surface area contributed by atoms with Gasteiger partial charge >= 0.3 is 0 Å². The second-order valence-electron chi connectivity index (χ2n) is 4.80. The Morgan fingerprint density at radius 3 is 2.83 bits per heavy atom. The summed E-state index contributed by atoms with van der Waals surface area (Å²) in [5.74, 6) is 0.812. The fourth-order valence-electron chi connectivity index (χ4n) is 2.31. The van der Waals surface area contributed by atoms with Gasteiger partial charge in [0.15, 0.2) is 0 Å². The van der Waals surface area contributed by atoms with Crippen LogP contribution in [0.15, 0.2) is 5.38 Å². The van der Waals surface area contributed by atoms with Gasteiger partial charge < -0.3 is 10.2 Å². The van der Waals surface area contributed by atoms with Gasteiger partial charge in [-0.25, -0.2) is 4.98 Å². The molecule has 5 heteroatoms. The molecule has 0 atom stereocenters. The van der Waals surface area contributed by atoms with Crippen LogP contribution in [0.2, 0.25) is 0 Å². The van der Waals surface area contributed by atoms with Gasteiger partial charge in [0.1, 0.15) is 5.69 Å². The summed E-state index contributed by atoms with van der Waals surface area (Å²) in [6.07, 6.45) is 2.20. The molecule has 18 heavy (non-hydrogen) atoms. The predicted molar refractivity (Wildman–Crippen MR) is 74.0 cm³/mol. The molecule has 0 radical (unpaired) electrons. The Balaban J connectivity index is 1.84. The number of aryl methyl sites for hydroxylation is 1. The average molecular weight is 267 g/mol. The van der Waals surface area contributed by atoms with Crippen LogP contribution in [0.3, 0.4) is 0 Å². The highest BCUT2D eigenvalue weighted by Gasteiger charge is 2.24. The third-order valence-electron chi connectivity index (χ3n) is 3.42. The van der Waals surface area contributed by atoms with Gasteiger partial charge in [-0.3, -0.25) is 4.79 Å². The summed E-state index contributed by atoms with van der Waals surface area (Å²) < 4.78 is 0. The minimum absolute atomic E-state index is 0.0984. The van der Waals surface area contributed by atoms with Crippen molar-refractivity contribution in [2.45, 2.75) is 26.7 Å². The summed E-state index contributed by atoms with van der Waals surface area (Å²) >= 11 is 1.54. The summed E-state index contributed by atoms with van der Waals surface area (Å²) in [5.41, 5.74) is 0.614. The average Bonchev–Trinajstić information content (AvgIpc) is 2.83. The molecule has 4 nitrogen and oxygen atoms in total. The molecule has 0 aliphatic carbocycles. The standard InChI is InChI=1S/C13H21N3OS/c1-3-14-8-11-4-6-16(7-5-11)13(17)12-9-18-10(2)15-12/h9,11,14H,3-8H2,1-2H3. The van der Waals surface area contributed by atoms with Crippen LogP contribution in [0.1, 0.15) is 35.3 Å². The van der Waals surface area contributed by atoms with Crippen molar-refractivity contribution in [3.05, 3.63) is 16.1 Å². The predicted octanol–water partition coefficient (Wildman–Crippen LogP) is 1.91. The van der Waals surface area contributed by atoms with Gasteiger partial charge in [-0.15, -0.1) is 11.3 Å². The van der Waals surface area contributed by atoms with E-state index in [9.17, 15) is 4.79 Å². The van der Waals surface area contributed by atoms with E-state index in [0.717, 1.165) is 44.0 Å². The van der Waals surface area contributed by atoms with E-state index >= 15 is 0 Å². The zero-order valence-electron chi connectivity index (χ0n) is 11.1. The Kier molecular flexibility index (Phi) is 4.72. The zero-order valence-corrected chi connectivity index (χ0v) is 11.9. The number of nitrogens with one attached hydrogen (secondary N) is 1. The maximum atomic E-state index is 12.2. The number of aromatic nitrogens is 1. The Morgan fingerprint density at radius 1 is 1.56 bits per heavy atom. The fourth-order valence-corrected chi connectivity index (χ4v) is 2.90. The van der Waals surface area contributed by atoms with E-state index in [1.165, 1.54) is 11.3 Å². The molecule has 0 bridgehead atoms. The van der Waals surface area contributed by atoms with Gasteiger partial charge in [0.2, 0.25) is 0 Å². The number of rotatable bonds is 4. The lowest BCUT2D eigenvalue weighted by atomic mass is 9.96.